The zero-order valence-corrected chi connectivity index (χ0v) is 12.7. The smallest absolute Gasteiger partial charge is 0.224 e. The Hall–Kier alpha value is -2.21. The number of hydrogen-bond donors (Lipinski definition) is 2. The average molecular weight is 287 g/mol. The molecule has 0 radical (unpaired) electrons. The van der Waals surface area contributed by atoms with Crippen LogP contribution >= 0.6 is 0 Å². The SMILES string of the molecule is CCCc1nc(NN)cc(Oc2ccc(C)nc2CC)n1. The monoisotopic (exact) mass is 287 g/mol. The van der Waals surface area contributed by atoms with E-state index in [-0.39, 0.29) is 0 Å². The molecular weight excluding hydrogens is 266 g/mol. The Bertz CT molecular complexity index is 615. The summed E-state index contributed by atoms with van der Waals surface area (Å²) in [7, 11) is 0. The zero-order chi connectivity index (χ0) is 15.2. The van der Waals surface area contributed by atoms with Gasteiger partial charge in [-0.3, -0.25) is 4.98 Å². The van der Waals surface area contributed by atoms with Crippen LogP contribution in [0.4, 0.5) is 5.82 Å². The summed E-state index contributed by atoms with van der Waals surface area (Å²) in [6, 6.07) is 5.52. The standard InChI is InChI=1S/C15H21N5O/c1-4-6-13-18-14(20-16)9-15(19-13)21-12-8-7-10(3)17-11(12)5-2/h7-9H,4-6,16H2,1-3H3,(H,18,19,20). The topological polar surface area (TPSA) is 86.0 Å². The Morgan fingerprint density at radius 2 is 2.00 bits per heavy atom. The molecule has 0 bridgehead atoms. The van der Waals surface area contributed by atoms with Gasteiger partial charge in [-0.25, -0.2) is 10.8 Å². The molecule has 0 aromatic carbocycles. The third kappa shape index (κ3) is 3.88. The maximum absolute atomic E-state index is 5.88. The Morgan fingerprint density at radius 1 is 1.19 bits per heavy atom. The second kappa shape index (κ2) is 6.99. The van der Waals surface area contributed by atoms with Crippen LogP contribution in [-0.4, -0.2) is 15.0 Å². The summed E-state index contributed by atoms with van der Waals surface area (Å²) in [6.07, 6.45) is 2.53. The molecule has 0 atom stereocenters. The first-order valence-corrected chi connectivity index (χ1v) is 7.15. The fraction of sp³-hybridized carbons (Fsp3) is 0.400. The molecule has 0 spiro atoms. The number of nitrogen functional groups attached to an aromatic ring is 1. The molecule has 6 heteroatoms. The summed E-state index contributed by atoms with van der Waals surface area (Å²) in [4.78, 5) is 13.2. The van der Waals surface area contributed by atoms with Crippen LogP contribution in [0.15, 0.2) is 18.2 Å². The van der Waals surface area contributed by atoms with E-state index in [0.29, 0.717) is 23.3 Å². The van der Waals surface area contributed by atoms with Gasteiger partial charge in [-0.2, -0.15) is 4.98 Å². The maximum atomic E-state index is 5.88. The van der Waals surface area contributed by atoms with Crippen molar-refractivity contribution in [2.75, 3.05) is 5.43 Å². The number of aryl methyl sites for hydroxylation is 3. The number of nitrogens with zero attached hydrogens (tertiary/aromatic N) is 3. The molecule has 2 aromatic rings. The van der Waals surface area contributed by atoms with Crippen LogP contribution in [0.3, 0.4) is 0 Å². The minimum atomic E-state index is 0.474. The van der Waals surface area contributed by atoms with Gasteiger partial charge in [-0.05, 0) is 31.9 Å². The van der Waals surface area contributed by atoms with Crippen LogP contribution in [0.5, 0.6) is 11.6 Å². The van der Waals surface area contributed by atoms with Gasteiger partial charge in [0, 0.05) is 18.2 Å². The minimum Gasteiger partial charge on any atom is -0.437 e. The number of hydrazine groups is 1. The van der Waals surface area contributed by atoms with Crippen molar-refractivity contribution in [2.45, 2.75) is 40.0 Å². The van der Waals surface area contributed by atoms with E-state index < -0.39 is 0 Å². The molecule has 0 aliphatic heterocycles. The van der Waals surface area contributed by atoms with Crippen molar-refractivity contribution in [1.29, 1.82) is 0 Å². The van der Waals surface area contributed by atoms with Gasteiger partial charge in [0.15, 0.2) is 5.75 Å². The van der Waals surface area contributed by atoms with Crippen molar-refractivity contribution in [3.63, 3.8) is 0 Å². The molecule has 2 aromatic heterocycles. The fourth-order valence-electron chi connectivity index (χ4n) is 1.99. The Balaban J connectivity index is 2.32. The van der Waals surface area contributed by atoms with Crippen LogP contribution in [0, 0.1) is 6.92 Å². The van der Waals surface area contributed by atoms with Gasteiger partial charge in [-0.1, -0.05) is 13.8 Å². The molecule has 2 rings (SSSR count). The van der Waals surface area contributed by atoms with Gasteiger partial charge >= 0.3 is 0 Å². The fourth-order valence-corrected chi connectivity index (χ4v) is 1.99. The molecule has 112 valence electrons. The molecule has 0 saturated heterocycles. The number of aromatic nitrogens is 3. The largest absolute Gasteiger partial charge is 0.437 e. The summed E-state index contributed by atoms with van der Waals surface area (Å²) in [5.74, 6) is 7.89. The molecule has 0 amide bonds. The van der Waals surface area contributed by atoms with Gasteiger partial charge in [0.05, 0.1) is 5.69 Å². The normalized spacial score (nSPS) is 10.5. The van der Waals surface area contributed by atoms with Crippen LogP contribution < -0.4 is 16.0 Å². The minimum absolute atomic E-state index is 0.474. The maximum Gasteiger partial charge on any atom is 0.224 e. The van der Waals surface area contributed by atoms with Crippen LogP contribution in [0.25, 0.3) is 0 Å². The molecule has 0 saturated carbocycles. The lowest BCUT2D eigenvalue weighted by Crippen LogP contribution is -2.11. The lowest BCUT2D eigenvalue weighted by Gasteiger charge is -2.11. The third-order valence-electron chi connectivity index (χ3n) is 2.99. The van der Waals surface area contributed by atoms with E-state index >= 15 is 0 Å². The first-order valence-electron chi connectivity index (χ1n) is 7.15. The number of nitrogens with two attached hydrogens (primary N) is 1. The van der Waals surface area contributed by atoms with E-state index in [9.17, 15) is 0 Å². The first kappa shape index (κ1) is 15.2. The second-order valence-corrected chi connectivity index (χ2v) is 4.76. The molecule has 0 unspecified atom stereocenters. The van der Waals surface area contributed by atoms with Crippen molar-refractivity contribution in [1.82, 2.24) is 15.0 Å². The van der Waals surface area contributed by atoms with Gasteiger partial charge in [0.2, 0.25) is 5.88 Å². The van der Waals surface area contributed by atoms with Crippen molar-refractivity contribution < 1.29 is 4.74 Å². The van der Waals surface area contributed by atoms with Crippen LogP contribution in [0.2, 0.25) is 0 Å². The highest BCUT2D eigenvalue weighted by atomic mass is 16.5. The quantitative estimate of drug-likeness (QED) is 0.627. The highest BCUT2D eigenvalue weighted by Gasteiger charge is 2.09. The molecular formula is C15H21N5O. The summed E-state index contributed by atoms with van der Waals surface area (Å²) in [5.41, 5.74) is 4.42. The number of rotatable bonds is 6. The molecule has 0 aliphatic rings. The highest BCUT2D eigenvalue weighted by molar-refractivity contribution is 5.40. The Labute approximate surface area is 124 Å². The van der Waals surface area contributed by atoms with Crippen LogP contribution in [-0.2, 0) is 12.8 Å². The molecule has 0 fully saturated rings. The molecule has 0 aliphatic carbocycles. The van der Waals surface area contributed by atoms with Gasteiger partial charge in [0.1, 0.15) is 11.6 Å². The number of anilines is 1. The first-order chi connectivity index (χ1) is 10.2. The summed E-state index contributed by atoms with van der Waals surface area (Å²) in [5, 5.41) is 0. The molecule has 21 heavy (non-hydrogen) atoms. The number of pyridine rings is 1. The molecule has 6 nitrogen and oxygen atoms in total. The van der Waals surface area contributed by atoms with E-state index in [4.69, 9.17) is 10.6 Å². The third-order valence-corrected chi connectivity index (χ3v) is 2.99. The van der Waals surface area contributed by atoms with Crippen molar-refractivity contribution >= 4 is 5.82 Å². The van der Waals surface area contributed by atoms with E-state index in [1.54, 1.807) is 6.07 Å². The van der Waals surface area contributed by atoms with E-state index in [1.165, 1.54) is 0 Å². The second-order valence-electron chi connectivity index (χ2n) is 4.76. The van der Waals surface area contributed by atoms with Gasteiger partial charge in [0.25, 0.3) is 0 Å². The zero-order valence-electron chi connectivity index (χ0n) is 12.7. The average Bonchev–Trinajstić information content (AvgIpc) is 2.49. The van der Waals surface area contributed by atoms with Gasteiger partial charge in [-0.15, -0.1) is 0 Å². The highest BCUT2D eigenvalue weighted by Crippen LogP contribution is 2.25. The summed E-state index contributed by atoms with van der Waals surface area (Å²) in [6.45, 7) is 6.08. The van der Waals surface area contributed by atoms with Crippen molar-refractivity contribution in [3.8, 4) is 11.6 Å². The van der Waals surface area contributed by atoms with E-state index in [2.05, 4.69) is 27.3 Å². The lowest BCUT2D eigenvalue weighted by atomic mass is 10.2. The van der Waals surface area contributed by atoms with E-state index in [0.717, 1.165) is 30.7 Å². The van der Waals surface area contributed by atoms with Crippen LogP contribution in [0.1, 0.15) is 37.5 Å². The molecule has 3 N–H and O–H groups in total. The number of hydrogen-bond acceptors (Lipinski definition) is 6. The Kier molecular flexibility index (Phi) is 5.05. The predicted molar refractivity (Wildman–Crippen MR) is 82.3 cm³/mol. The predicted octanol–water partition coefficient (Wildman–Crippen LogP) is 2.77. The summed E-state index contributed by atoms with van der Waals surface area (Å²) < 4.78 is 5.88. The van der Waals surface area contributed by atoms with Crippen molar-refractivity contribution in [2.24, 2.45) is 5.84 Å². The van der Waals surface area contributed by atoms with E-state index in [1.807, 2.05) is 26.0 Å². The Morgan fingerprint density at radius 3 is 2.67 bits per heavy atom. The van der Waals surface area contributed by atoms with Gasteiger partial charge < -0.3 is 10.2 Å². The number of ether oxygens (including phenoxy) is 1. The lowest BCUT2D eigenvalue weighted by molar-refractivity contribution is 0.450. The number of nitrogens with one attached hydrogen (secondary N) is 1. The summed E-state index contributed by atoms with van der Waals surface area (Å²) >= 11 is 0. The molecule has 2 heterocycles. The van der Waals surface area contributed by atoms with Crippen molar-refractivity contribution in [3.05, 3.63) is 35.4 Å².